The summed E-state index contributed by atoms with van der Waals surface area (Å²) < 4.78 is 0. The van der Waals surface area contributed by atoms with Crippen LogP contribution < -0.4 is 0 Å². The normalized spacial score (nSPS) is 15.5. The highest BCUT2D eigenvalue weighted by molar-refractivity contribution is 4.78. The fraction of sp³-hybridized carbons (Fsp3) is 0.600. The number of hydrogen-bond donors (Lipinski definition) is 1. The van der Waals surface area contributed by atoms with E-state index in [2.05, 4.69) is 20.1 Å². The molecule has 1 nitrogen and oxygen atoms in total. The monoisotopic (exact) mass is 154 g/mol. The SMILES string of the molecule is C=CC[C@H](O)CC[C@@H](C)C=C. The molecule has 0 aliphatic carbocycles. The molecule has 0 unspecified atom stereocenters. The summed E-state index contributed by atoms with van der Waals surface area (Å²) in [4.78, 5) is 0. The first-order valence-corrected chi connectivity index (χ1v) is 4.12. The van der Waals surface area contributed by atoms with Gasteiger partial charge in [-0.2, -0.15) is 0 Å². The molecular formula is C10H18O. The van der Waals surface area contributed by atoms with Gasteiger partial charge in [-0.15, -0.1) is 13.2 Å². The van der Waals surface area contributed by atoms with E-state index in [0.29, 0.717) is 12.3 Å². The molecule has 0 aromatic carbocycles. The third kappa shape index (κ3) is 5.86. The van der Waals surface area contributed by atoms with Gasteiger partial charge < -0.3 is 5.11 Å². The van der Waals surface area contributed by atoms with Crippen molar-refractivity contribution in [2.75, 3.05) is 0 Å². The molecular weight excluding hydrogens is 136 g/mol. The molecule has 0 rings (SSSR count). The van der Waals surface area contributed by atoms with Gasteiger partial charge in [0.05, 0.1) is 6.10 Å². The smallest absolute Gasteiger partial charge is 0.0574 e. The average molecular weight is 154 g/mol. The minimum atomic E-state index is -0.213. The summed E-state index contributed by atoms with van der Waals surface area (Å²) in [5, 5.41) is 9.29. The molecule has 0 heterocycles. The van der Waals surface area contributed by atoms with Gasteiger partial charge in [0.2, 0.25) is 0 Å². The van der Waals surface area contributed by atoms with Gasteiger partial charge in [-0.1, -0.05) is 19.1 Å². The standard InChI is InChI=1S/C10H18O/c1-4-6-10(11)8-7-9(3)5-2/h4-5,9-11H,1-2,6-8H2,3H3/t9-,10-/m0/s1. The third-order valence-corrected chi connectivity index (χ3v) is 1.80. The first-order chi connectivity index (χ1) is 5.20. The van der Waals surface area contributed by atoms with Gasteiger partial charge in [0.15, 0.2) is 0 Å². The molecule has 0 aliphatic heterocycles. The molecule has 0 bridgehead atoms. The highest BCUT2D eigenvalue weighted by Crippen LogP contribution is 2.10. The van der Waals surface area contributed by atoms with Gasteiger partial charge in [0, 0.05) is 0 Å². The Morgan fingerprint density at radius 2 is 2.00 bits per heavy atom. The summed E-state index contributed by atoms with van der Waals surface area (Å²) in [5.41, 5.74) is 0. The minimum Gasteiger partial charge on any atom is -0.393 e. The maximum absolute atomic E-state index is 9.29. The highest BCUT2D eigenvalue weighted by Gasteiger charge is 2.03. The molecule has 0 aliphatic rings. The van der Waals surface area contributed by atoms with E-state index in [0.717, 1.165) is 12.8 Å². The molecule has 0 saturated carbocycles. The van der Waals surface area contributed by atoms with E-state index in [-0.39, 0.29) is 6.10 Å². The molecule has 0 fully saturated rings. The van der Waals surface area contributed by atoms with Crippen LogP contribution >= 0.6 is 0 Å². The van der Waals surface area contributed by atoms with Crippen LogP contribution in [0.25, 0.3) is 0 Å². The molecule has 0 spiro atoms. The number of rotatable bonds is 6. The van der Waals surface area contributed by atoms with E-state index in [1.54, 1.807) is 6.08 Å². The van der Waals surface area contributed by atoms with E-state index in [1.807, 2.05) is 6.08 Å². The Kier molecular flexibility index (Phi) is 5.86. The average Bonchev–Trinajstić information content (AvgIpc) is 2.01. The van der Waals surface area contributed by atoms with Gasteiger partial charge >= 0.3 is 0 Å². The van der Waals surface area contributed by atoms with E-state index in [9.17, 15) is 5.11 Å². The van der Waals surface area contributed by atoms with Gasteiger partial charge in [0.25, 0.3) is 0 Å². The van der Waals surface area contributed by atoms with Crippen LogP contribution in [0.5, 0.6) is 0 Å². The first kappa shape index (κ1) is 10.4. The van der Waals surface area contributed by atoms with Crippen LogP contribution in [0.4, 0.5) is 0 Å². The Hall–Kier alpha value is -0.560. The molecule has 0 saturated heterocycles. The lowest BCUT2D eigenvalue weighted by atomic mass is 10.0. The largest absolute Gasteiger partial charge is 0.393 e. The molecule has 0 aromatic heterocycles. The van der Waals surface area contributed by atoms with Crippen LogP contribution in [0.2, 0.25) is 0 Å². The number of hydrogen-bond acceptors (Lipinski definition) is 1. The van der Waals surface area contributed by atoms with Gasteiger partial charge in [-0.25, -0.2) is 0 Å². The van der Waals surface area contributed by atoms with Crippen LogP contribution in [0, 0.1) is 5.92 Å². The van der Waals surface area contributed by atoms with Crippen LogP contribution in [-0.4, -0.2) is 11.2 Å². The van der Waals surface area contributed by atoms with Gasteiger partial charge in [-0.3, -0.25) is 0 Å². The molecule has 2 atom stereocenters. The minimum absolute atomic E-state index is 0.213. The van der Waals surface area contributed by atoms with Crippen molar-refractivity contribution in [1.29, 1.82) is 0 Å². The van der Waals surface area contributed by atoms with Crippen molar-refractivity contribution in [2.24, 2.45) is 5.92 Å². The molecule has 0 amide bonds. The van der Waals surface area contributed by atoms with Crippen molar-refractivity contribution in [3.8, 4) is 0 Å². The van der Waals surface area contributed by atoms with Crippen molar-refractivity contribution in [2.45, 2.75) is 32.3 Å². The molecule has 11 heavy (non-hydrogen) atoms. The van der Waals surface area contributed by atoms with Crippen LogP contribution in [0.15, 0.2) is 25.3 Å². The predicted molar refractivity (Wildman–Crippen MR) is 49.4 cm³/mol. The lowest BCUT2D eigenvalue weighted by Crippen LogP contribution is -2.06. The van der Waals surface area contributed by atoms with Gasteiger partial charge in [-0.05, 0) is 25.2 Å². The topological polar surface area (TPSA) is 20.2 Å². The summed E-state index contributed by atoms with van der Waals surface area (Å²) in [6, 6.07) is 0. The zero-order chi connectivity index (χ0) is 8.69. The Balaban J connectivity index is 3.36. The lowest BCUT2D eigenvalue weighted by molar-refractivity contribution is 0.161. The van der Waals surface area contributed by atoms with Crippen molar-refractivity contribution in [3.05, 3.63) is 25.3 Å². The Labute approximate surface area is 69.4 Å². The van der Waals surface area contributed by atoms with Gasteiger partial charge in [0.1, 0.15) is 0 Å². The highest BCUT2D eigenvalue weighted by atomic mass is 16.3. The Morgan fingerprint density at radius 3 is 2.45 bits per heavy atom. The van der Waals surface area contributed by atoms with E-state index < -0.39 is 0 Å². The Morgan fingerprint density at radius 1 is 1.36 bits per heavy atom. The number of aliphatic hydroxyl groups excluding tert-OH is 1. The fourth-order valence-electron chi connectivity index (χ4n) is 0.883. The molecule has 0 aromatic rings. The Bertz CT molecular complexity index is 118. The van der Waals surface area contributed by atoms with Crippen LogP contribution in [0.1, 0.15) is 26.2 Å². The van der Waals surface area contributed by atoms with Crippen molar-refractivity contribution in [1.82, 2.24) is 0 Å². The number of allylic oxidation sites excluding steroid dienone is 1. The van der Waals surface area contributed by atoms with Crippen molar-refractivity contribution >= 4 is 0 Å². The second kappa shape index (κ2) is 6.17. The van der Waals surface area contributed by atoms with Crippen molar-refractivity contribution < 1.29 is 5.11 Å². The molecule has 64 valence electrons. The summed E-state index contributed by atoms with van der Waals surface area (Å²) in [5.74, 6) is 0.509. The first-order valence-electron chi connectivity index (χ1n) is 4.12. The zero-order valence-electron chi connectivity index (χ0n) is 7.29. The lowest BCUT2D eigenvalue weighted by Gasteiger charge is -2.09. The molecule has 0 radical (unpaired) electrons. The van der Waals surface area contributed by atoms with E-state index in [4.69, 9.17) is 0 Å². The second-order valence-electron chi connectivity index (χ2n) is 2.97. The predicted octanol–water partition coefficient (Wildman–Crippen LogP) is 2.53. The zero-order valence-corrected chi connectivity index (χ0v) is 7.29. The molecule has 1 N–H and O–H groups in total. The number of aliphatic hydroxyl groups is 1. The second-order valence-corrected chi connectivity index (χ2v) is 2.97. The maximum Gasteiger partial charge on any atom is 0.0574 e. The summed E-state index contributed by atoms with van der Waals surface area (Å²) in [6.07, 6.45) is 6.01. The summed E-state index contributed by atoms with van der Waals surface area (Å²) in [6.45, 7) is 9.36. The van der Waals surface area contributed by atoms with E-state index in [1.165, 1.54) is 0 Å². The maximum atomic E-state index is 9.29. The van der Waals surface area contributed by atoms with Crippen LogP contribution in [-0.2, 0) is 0 Å². The van der Waals surface area contributed by atoms with Crippen LogP contribution in [0.3, 0.4) is 0 Å². The third-order valence-electron chi connectivity index (χ3n) is 1.80. The fourth-order valence-corrected chi connectivity index (χ4v) is 0.883. The van der Waals surface area contributed by atoms with Crippen molar-refractivity contribution in [3.63, 3.8) is 0 Å². The quantitative estimate of drug-likeness (QED) is 0.583. The molecule has 1 heteroatoms. The summed E-state index contributed by atoms with van der Waals surface area (Å²) >= 11 is 0. The summed E-state index contributed by atoms with van der Waals surface area (Å²) in [7, 11) is 0. The van der Waals surface area contributed by atoms with E-state index >= 15 is 0 Å².